The molecule has 0 spiro atoms. The fraction of sp³-hybridized carbons (Fsp3) is 0.375. The average Bonchev–Trinajstić information content (AvgIpc) is 3.21. The third-order valence-corrected chi connectivity index (χ3v) is 4.32. The number of likely N-dealkylation sites (tertiary alicyclic amines) is 1. The van der Waals surface area contributed by atoms with E-state index >= 15 is 0 Å². The van der Waals surface area contributed by atoms with Crippen LogP contribution in [0.4, 0.5) is 19.3 Å². The zero-order chi connectivity index (χ0) is 17.4. The monoisotopic (exact) mass is 350 g/mol. The van der Waals surface area contributed by atoms with Crippen molar-refractivity contribution in [1.29, 1.82) is 0 Å². The maximum absolute atomic E-state index is 13.1. The van der Waals surface area contributed by atoms with Crippen molar-refractivity contribution in [3.05, 3.63) is 36.2 Å². The number of hydrogen-bond donors (Lipinski definition) is 2. The molecular weight excluding hydrogens is 334 g/mol. The molecule has 7 nitrogen and oxygen atoms in total. The fourth-order valence-electron chi connectivity index (χ4n) is 3.14. The Bertz CT molecular complexity index is 782. The van der Waals surface area contributed by atoms with Crippen LogP contribution in [0.1, 0.15) is 24.5 Å². The van der Waals surface area contributed by atoms with Crippen molar-refractivity contribution < 1.29 is 23.0 Å². The summed E-state index contributed by atoms with van der Waals surface area (Å²) in [6.45, 7) is 1.20. The highest BCUT2D eigenvalue weighted by atomic mass is 19.3. The molecule has 0 unspecified atom stereocenters. The first-order valence-corrected chi connectivity index (χ1v) is 7.95. The van der Waals surface area contributed by atoms with E-state index in [9.17, 15) is 13.6 Å². The molecule has 9 heteroatoms. The topological polar surface area (TPSA) is 79.5 Å². The number of halogens is 2. The number of aromatic amines is 1. The van der Waals surface area contributed by atoms with Crippen LogP contribution in [0.5, 0.6) is 11.5 Å². The summed E-state index contributed by atoms with van der Waals surface area (Å²) >= 11 is 0. The molecule has 25 heavy (non-hydrogen) atoms. The van der Waals surface area contributed by atoms with Gasteiger partial charge in [-0.1, -0.05) is 0 Å². The van der Waals surface area contributed by atoms with Crippen LogP contribution in [0.25, 0.3) is 0 Å². The Morgan fingerprint density at radius 1 is 1.32 bits per heavy atom. The summed E-state index contributed by atoms with van der Waals surface area (Å²) in [4.78, 5) is 14.2. The van der Waals surface area contributed by atoms with E-state index in [0.29, 0.717) is 18.8 Å². The Morgan fingerprint density at radius 3 is 2.96 bits per heavy atom. The lowest BCUT2D eigenvalue weighted by atomic mass is 9.95. The molecule has 0 aliphatic carbocycles. The van der Waals surface area contributed by atoms with Crippen LogP contribution in [-0.4, -0.2) is 40.5 Å². The predicted octanol–water partition coefficient (Wildman–Crippen LogP) is 3.14. The number of ether oxygens (including phenoxy) is 2. The summed E-state index contributed by atoms with van der Waals surface area (Å²) in [5.74, 6) is 0.0505. The minimum absolute atomic E-state index is 0.0553. The van der Waals surface area contributed by atoms with Crippen LogP contribution in [0.15, 0.2) is 30.5 Å². The smallest absolute Gasteiger partial charge is 0.395 e. The Balaban J connectivity index is 1.42. The van der Waals surface area contributed by atoms with Crippen molar-refractivity contribution in [3.8, 4) is 11.5 Å². The SMILES string of the molecule is O=C(Nc1ccc2c(c1)OC(F)(F)O2)N1CCC[C@H](c2ccn[nH]2)C1. The summed E-state index contributed by atoms with van der Waals surface area (Å²) < 4.78 is 34.8. The Kier molecular flexibility index (Phi) is 3.70. The van der Waals surface area contributed by atoms with E-state index in [4.69, 9.17) is 0 Å². The zero-order valence-corrected chi connectivity index (χ0v) is 13.2. The summed E-state index contributed by atoms with van der Waals surface area (Å²) in [6, 6.07) is 5.79. The molecule has 1 saturated heterocycles. The number of fused-ring (bicyclic) bond motifs is 1. The molecule has 4 rings (SSSR count). The van der Waals surface area contributed by atoms with Gasteiger partial charge in [0.2, 0.25) is 0 Å². The number of hydrogen-bond acceptors (Lipinski definition) is 4. The highest BCUT2D eigenvalue weighted by molar-refractivity contribution is 5.89. The van der Waals surface area contributed by atoms with Gasteiger partial charge < -0.3 is 19.7 Å². The highest BCUT2D eigenvalue weighted by Gasteiger charge is 2.43. The highest BCUT2D eigenvalue weighted by Crippen LogP contribution is 2.42. The quantitative estimate of drug-likeness (QED) is 0.872. The molecule has 0 saturated carbocycles. The number of amides is 2. The molecule has 1 aromatic carbocycles. The van der Waals surface area contributed by atoms with Crippen LogP contribution in [0.3, 0.4) is 0 Å². The van der Waals surface area contributed by atoms with E-state index in [2.05, 4.69) is 25.0 Å². The number of urea groups is 1. The maximum atomic E-state index is 13.1. The first-order valence-electron chi connectivity index (χ1n) is 7.95. The molecule has 2 amide bonds. The van der Waals surface area contributed by atoms with Crippen molar-refractivity contribution in [1.82, 2.24) is 15.1 Å². The lowest BCUT2D eigenvalue weighted by Gasteiger charge is -2.32. The number of carbonyl (C=O) groups excluding carboxylic acids is 1. The second kappa shape index (κ2) is 5.91. The summed E-state index contributed by atoms with van der Waals surface area (Å²) in [5.41, 5.74) is 1.37. The summed E-state index contributed by atoms with van der Waals surface area (Å²) in [6.07, 6.45) is -0.124. The third kappa shape index (κ3) is 3.21. The van der Waals surface area contributed by atoms with Gasteiger partial charge in [-0.2, -0.15) is 5.10 Å². The number of benzene rings is 1. The van der Waals surface area contributed by atoms with Crippen LogP contribution < -0.4 is 14.8 Å². The molecule has 2 aliphatic heterocycles. The Morgan fingerprint density at radius 2 is 2.16 bits per heavy atom. The van der Waals surface area contributed by atoms with E-state index in [1.54, 1.807) is 11.1 Å². The molecule has 2 aromatic rings. The van der Waals surface area contributed by atoms with Crippen LogP contribution in [0, 0.1) is 0 Å². The largest absolute Gasteiger partial charge is 0.586 e. The Hall–Kier alpha value is -2.84. The fourth-order valence-corrected chi connectivity index (χ4v) is 3.14. The van der Waals surface area contributed by atoms with Gasteiger partial charge in [0.25, 0.3) is 0 Å². The first kappa shape index (κ1) is 15.7. The van der Waals surface area contributed by atoms with Crippen LogP contribution in [-0.2, 0) is 0 Å². The number of piperidine rings is 1. The van der Waals surface area contributed by atoms with E-state index in [1.165, 1.54) is 18.2 Å². The molecule has 2 N–H and O–H groups in total. The standard InChI is InChI=1S/C16H16F2N4O3/c17-16(18)24-13-4-3-11(8-14(13)25-16)20-15(23)22-7-1-2-10(9-22)12-5-6-19-21-12/h3-6,8,10H,1-2,7,9H2,(H,19,21)(H,20,23)/t10-/m0/s1. The second-order valence-electron chi connectivity index (χ2n) is 6.06. The molecule has 132 valence electrons. The van der Waals surface area contributed by atoms with Crippen LogP contribution >= 0.6 is 0 Å². The predicted molar refractivity (Wildman–Crippen MR) is 83.8 cm³/mol. The van der Waals surface area contributed by atoms with Gasteiger partial charge in [-0.05, 0) is 31.0 Å². The van der Waals surface area contributed by atoms with Crippen LogP contribution in [0.2, 0.25) is 0 Å². The normalized spacial score (nSPS) is 21.2. The molecule has 3 heterocycles. The minimum Gasteiger partial charge on any atom is -0.395 e. The first-order chi connectivity index (χ1) is 12.0. The number of carbonyl (C=O) groups is 1. The molecule has 1 atom stereocenters. The number of alkyl halides is 2. The summed E-state index contributed by atoms with van der Waals surface area (Å²) in [5, 5.41) is 9.61. The average molecular weight is 350 g/mol. The van der Waals surface area contributed by atoms with Crippen molar-refractivity contribution in [3.63, 3.8) is 0 Å². The van der Waals surface area contributed by atoms with Gasteiger partial charge >= 0.3 is 12.3 Å². The van der Waals surface area contributed by atoms with E-state index in [-0.39, 0.29) is 23.4 Å². The third-order valence-electron chi connectivity index (χ3n) is 4.32. The van der Waals surface area contributed by atoms with Crippen molar-refractivity contribution in [2.75, 3.05) is 18.4 Å². The molecule has 2 aliphatic rings. The molecule has 0 bridgehead atoms. The van der Waals surface area contributed by atoms with Crippen molar-refractivity contribution in [2.24, 2.45) is 0 Å². The van der Waals surface area contributed by atoms with Gasteiger partial charge in [0.1, 0.15) is 0 Å². The number of rotatable bonds is 2. The second-order valence-corrected chi connectivity index (χ2v) is 6.06. The van der Waals surface area contributed by atoms with E-state index < -0.39 is 6.29 Å². The molecular formula is C16H16F2N4O3. The van der Waals surface area contributed by atoms with Gasteiger partial charge in [0.05, 0.1) is 0 Å². The number of H-pyrrole nitrogens is 1. The van der Waals surface area contributed by atoms with Gasteiger partial charge in [-0.25, -0.2) is 4.79 Å². The van der Waals surface area contributed by atoms with Crippen molar-refractivity contribution >= 4 is 11.7 Å². The number of nitrogens with zero attached hydrogens (tertiary/aromatic N) is 2. The van der Waals surface area contributed by atoms with Gasteiger partial charge in [-0.15, -0.1) is 8.78 Å². The maximum Gasteiger partial charge on any atom is 0.586 e. The molecule has 1 fully saturated rings. The zero-order valence-electron chi connectivity index (χ0n) is 13.2. The number of nitrogens with one attached hydrogen (secondary N) is 2. The van der Waals surface area contributed by atoms with E-state index in [1.807, 2.05) is 6.07 Å². The van der Waals surface area contributed by atoms with Gasteiger partial charge in [0.15, 0.2) is 11.5 Å². The van der Waals surface area contributed by atoms with E-state index in [0.717, 1.165) is 18.5 Å². The summed E-state index contributed by atoms with van der Waals surface area (Å²) in [7, 11) is 0. The van der Waals surface area contributed by atoms with Gasteiger partial charge in [-0.3, -0.25) is 5.10 Å². The van der Waals surface area contributed by atoms with Crippen molar-refractivity contribution in [2.45, 2.75) is 25.1 Å². The number of aromatic nitrogens is 2. The lowest BCUT2D eigenvalue weighted by molar-refractivity contribution is -0.286. The number of anilines is 1. The molecule has 0 radical (unpaired) electrons. The lowest BCUT2D eigenvalue weighted by Crippen LogP contribution is -2.41. The Labute approximate surface area is 141 Å². The van der Waals surface area contributed by atoms with Gasteiger partial charge in [0, 0.05) is 42.7 Å². The minimum atomic E-state index is -3.67. The molecule has 1 aromatic heterocycles.